The molecule has 2 N–H and O–H groups in total. The van der Waals surface area contributed by atoms with Crippen LogP contribution < -0.4 is 15.4 Å². The molecule has 1 aromatic carbocycles. The first kappa shape index (κ1) is 10.5. The molecule has 4 nitrogen and oxygen atoms in total. The summed E-state index contributed by atoms with van der Waals surface area (Å²) in [4.78, 5) is 11.3. The van der Waals surface area contributed by atoms with Gasteiger partial charge in [-0.2, -0.15) is 0 Å². The van der Waals surface area contributed by atoms with E-state index in [0.717, 1.165) is 23.6 Å². The molecule has 0 bridgehead atoms. The van der Waals surface area contributed by atoms with Crippen LogP contribution in [0, 0.1) is 0 Å². The van der Waals surface area contributed by atoms with Crippen LogP contribution in [-0.2, 0) is 4.79 Å². The quantitative estimate of drug-likeness (QED) is 0.770. The Hall–Kier alpha value is -1.97. The van der Waals surface area contributed by atoms with Crippen molar-refractivity contribution in [1.82, 2.24) is 10.6 Å². The fourth-order valence-corrected chi connectivity index (χ4v) is 1.57. The van der Waals surface area contributed by atoms with Crippen molar-refractivity contribution in [3.8, 4) is 5.75 Å². The lowest BCUT2D eigenvalue weighted by atomic mass is 10.1. The fourth-order valence-electron chi connectivity index (χ4n) is 1.57. The first-order valence-corrected chi connectivity index (χ1v) is 5.17. The van der Waals surface area contributed by atoms with Gasteiger partial charge in [0.2, 0.25) is 5.91 Å². The summed E-state index contributed by atoms with van der Waals surface area (Å²) >= 11 is 0. The molecule has 0 radical (unpaired) electrons. The molecule has 0 atom stereocenters. The molecule has 2 rings (SSSR count). The van der Waals surface area contributed by atoms with Crippen LogP contribution in [0.1, 0.15) is 5.56 Å². The molecule has 0 spiro atoms. The number of hydrogen-bond donors (Lipinski definition) is 2. The largest absolute Gasteiger partial charge is 0.497 e. The van der Waals surface area contributed by atoms with E-state index >= 15 is 0 Å². The van der Waals surface area contributed by atoms with Crippen molar-refractivity contribution in [2.45, 2.75) is 0 Å². The number of benzene rings is 1. The third-order valence-corrected chi connectivity index (χ3v) is 2.42. The molecule has 4 heteroatoms. The third-order valence-electron chi connectivity index (χ3n) is 2.42. The standard InChI is InChI=1S/C12H14N2O2/c1-16-10-4-2-9(3-5-10)11-8-12(15)14-7-6-13-11/h2-5,8,13H,6-7H2,1H3,(H,14,15). The summed E-state index contributed by atoms with van der Waals surface area (Å²) in [6.07, 6.45) is 1.58. The zero-order valence-corrected chi connectivity index (χ0v) is 9.12. The van der Waals surface area contributed by atoms with Gasteiger partial charge in [0, 0.05) is 24.9 Å². The van der Waals surface area contributed by atoms with Crippen molar-refractivity contribution in [1.29, 1.82) is 0 Å². The van der Waals surface area contributed by atoms with Gasteiger partial charge in [-0.3, -0.25) is 4.79 Å². The summed E-state index contributed by atoms with van der Waals surface area (Å²) in [6, 6.07) is 7.60. The monoisotopic (exact) mass is 218 g/mol. The van der Waals surface area contributed by atoms with Crippen molar-refractivity contribution in [3.05, 3.63) is 35.9 Å². The van der Waals surface area contributed by atoms with Crippen LogP contribution >= 0.6 is 0 Å². The number of rotatable bonds is 2. The molecular weight excluding hydrogens is 204 g/mol. The number of ether oxygens (including phenoxy) is 1. The van der Waals surface area contributed by atoms with Gasteiger partial charge in [0.25, 0.3) is 0 Å². The minimum absolute atomic E-state index is 0.0594. The summed E-state index contributed by atoms with van der Waals surface area (Å²) in [5, 5.41) is 5.97. The van der Waals surface area contributed by atoms with Gasteiger partial charge in [0.05, 0.1) is 7.11 Å². The van der Waals surface area contributed by atoms with Crippen LogP contribution in [0.15, 0.2) is 30.3 Å². The Bertz CT molecular complexity index is 410. The molecule has 84 valence electrons. The SMILES string of the molecule is COc1ccc(C2=CC(=O)NCCN2)cc1. The molecule has 16 heavy (non-hydrogen) atoms. The van der Waals surface area contributed by atoms with Gasteiger partial charge in [-0.05, 0) is 29.8 Å². The minimum Gasteiger partial charge on any atom is -0.497 e. The fraction of sp³-hybridized carbons (Fsp3) is 0.250. The molecule has 0 fully saturated rings. The molecule has 1 amide bonds. The van der Waals surface area contributed by atoms with E-state index < -0.39 is 0 Å². The summed E-state index contributed by atoms with van der Waals surface area (Å²) in [5.41, 5.74) is 1.83. The van der Waals surface area contributed by atoms with Crippen molar-refractivity contribution >= 4 is 11.6 Å². The number of amides is 1. The summed E-state index contributed by atoms with van der Waals surface area (Å²) in [7, 11) is 1.63. The van der Waals surface area contributed by atoms with Crippen LogP contribution in [0.4, 0.5) is 0 Å². The molecule has 1 aromatic rings. The van der Waals surface area contributed by atoms with Gasteiger partial charge in [0.1, 0.15) is 5.75 Å². The smallest absolute Gasteiger partial charge is 0.246 e. The second-order valence-corrected chi connectivity index (χ2v) is 3.50. The number of methoxy groups -OCH3 is 1. The predicted molar refractivity (Wildman–Crippen MR) is 62.0 cm³/mol. The van der Waals surface area contributed by atoms with E-state index in [1.807, 2.05) is 24.3 Å². The maximum atomic E-state index is 11.3. The molecule has 0 saturated carbocycles. The van der Waals surface area contributed by atoms with Gasteiger partial charge in [-0.1, -0.05) is 0 Å². The first-order chi connectivity index (χ1) is 7.79. The Morgan fingerprint density at radius 3 is 2.50 bits per heavy atom. The zero-order chi connectivity index (χ0) is 11.4. The molecule has 1 aliphatic rings. The highest BCUT2D eigenvalue weighted by atomic mass is 16.5. The minimum atomic E-state index is -0.0594. The van der Waals surface area contributed by atoms with Gasteiger partial charge >= 0.3 is 0 Å². The predicted octanol–water partition coefficient (Wildman–Crippen LogP) is 0.755. The van der Waals surface area contributed by atoms with Gasteiger partial charge < -0.3 is 15.4 Å². The average Bonchev–Trinajstić information content (AvgIpc) is 2.54. The van der Waals surface area contributed by atoms with Crippen molar-refractivity contribution in [2.24, 2.45) is 0 Å². The van der Waals surface area contributed by atoms with E-state index in [4.69, 9.17) is 4.74 Å². The van der Waals surface area contributed by atoms with Crippen LogP contribution in [0.2, 0.25) is 0 Å². The lowest BCUT2D eigenvalue weighted by Gasteiger charge is -2.08. The third kappa shape index (κ3) is 2.34. The molecule has 1 heterocycles. The second-order valence-electron chi connectivity index (χ2n) is 3.50. The van der Waals surface area contributed by atoms with E-state index in [1.165, 1.54) is 0 Å². The van der Waals surface area contributed by atoms with E-state index in [1.54, 1.807) is 13.2 Å². The Balaban J connectivity index is 2.24. The van der Waals surface area contributed by atoms with E-state index in [0.29, 0.717) is 6.54 Å². The summed E-state index contributed by atoms with van der Waals surface area (Å²) < 4.78 is 5.08. The van der Waals surface area contributed by atoms with Crippen molar-refractivity contribution in [3.63, 3.8) is 0 Å². The molecule has 0 saturated heterocycles. The highest BCUT2D eigenvalue weighted by Gasteiger charge is 2.08. The van der Waals surface area contributed by atoms with E-state index in [-0.39, 0.29) is 5.91 Å². The highest BCUT2D eigenvalue weighted by Crippen LogP contribution is 2.17. The number of carbonyl (C=O) groups is 1. The Kier molecular flexibility index (Phi) is 3.10. The molecule has 1 aliphatic heterocycles. The highest BCUT2D eigenvalue weighted by molar-refractivity contribution is 5.95. The summed E-state index contributed by atoms with van der Waals surface area (Å²) in [6.45, 7) is 1.39. The average molecular weight is 218 g/mol. The van der Waals surface area contributed by atoms with Crippen LogP contribution in [0.5, 0.6) is 5.75 Å². The van der Waals surface area contributed by atoms with Crippen LogP contribution in [0.3, 0.4) is 0 Å². The van der Waals surface area contributed by atoms with Crippen LogP contribution in [0.25, 0.3) is 5.70 Å². The zero-order valence-electron chi connectivity index (χ0n) is 9.12. The molecule has 0 unspecified atom stereocenters. The molecule has 0 aliphatic carbocycles. The number of hydrogen-bond acceptors (Lipinski definition) is 3. The second kappa shape index (κ2) is 4.70. The first-order valence-electron chi connectivity index (χ1n) is 5.17. The molecule has 0 aromatic heterocycles. The van der Waals surface area contributed by atoms with Crippen molar-refractivity contribution in [2.75, 3.05) is 20.2 Å². The van der Waals surface area contributed by atoms with Crippen LogP contribution in [-0.4, -0.2) is 26.1 Å². The number of nitrogens with one attached hydrogen (secondary N) is 2. The topological polar surface area (TPSA) is 50.4 Å². The van der Waals surface area contributed by atoms with Gasteiger partial charge in [0.15, 0.2) is 0 Å². The van der Waals surface area contributed by atoms with E-state index in [9.17, 15) is 4.79 Å². The summed E-state index contributed by atoms with van der Waals surface area (Å²) in [5.74, 6) is 0.748. The molecular formula is C12H14N2O2. The lowest BCUT2D eigenvalue weighted by molar-refractivity contribution is -0.116. The Morgan fingerprint density at radius 1 is 1.12 bits per heavy atom. The number of carbonyl (C=O) groups excluding carboxylic acids is 1. The van der Waals surface area contributed by atoms with E-state index in [2.05, 4.69) is 10.6 Å². The lowest BCUT2D eigenvalue weighted by Crippen LogP contribution is -2.25. The van der Waals surface area contributed by atoms with Crippen molar-refractivity contribution < 1.29 is 9.53 Å². The maximum Gasteiger partial charge on any atom is 0.246 e. The Labute approximate surface area is 94.3 Å². The Morgan fingerprint density at radius 2 is 1.81 bits per heavy atom. The van der Waals surface area contributed by atoms with Gasteiger partial charge in [-0.15, -0.1) is 0 Å². The maximum absolute atomic E-state index is 11.3. The normalized spacial score (nSPS) is 15.6. The van der Waals surface area contributed by atoms with Gasteiger partial charge in [-0.25, -0.2) is 0 Å².